The molecule has 0 amide bonds. The van der Waals surface area contributed by atoms with Crippen molar-refractivity contribution in [2.24, 2.45) is 5.92 Å². The van der Waals surface area contributed by atoms with E-state index in [1.165, 1.54) is 0 Å². The maximum atomic E-state index is 12.8. The van der Waals surface area contributed by atoms with Gasteiger partial charge in [-0.05, 0) is 54.3 Å². The fourth-order valence-corrected chi connectivity index (χ4v) is 4.97. The molecule has 1 aliphatic rings. The van der Waals surface area contributed by atoms with Crippen molar-refractivity contribution in [1.29, 1.82) is 0 Å². The fourth-order valence-electron chi connectivity index (χ4n) is 3.63. The Labute approximate surface area is 166 Å². The summed E-state index contributed by atoms with van der Waals surface area (Å²) in [5.41, 5.74) is 0. The lowest BCUT2D eigenvalue weighted by atomic mass is 9.85. The topological polar surface area (TPSA) is 92.7 Å². The number of ether oxygens (including phenoxy) is 1. The molecule has 0 aromatic heterocycles. The molecule has 6 nitrogen and oxygen atoms in total. The van der Waals surface area contributed by atoms with Crippen molar-refractivity contribution in [2.45, 2.75) is 56.4 Å². The van der Waals surface area contributed by atoms with Crippen LogP contribution in [0.5, 0.6) is 5.75 Å². The normalized spacial score (nSPS) is 20.2. The van der Waals surface area contributed by atoms with Gasteiger partial charge >= 0.3 is 5.97 Å². The number of hydrogen-bond acceptors (Lipinski definition) is 4. The minimum atomic E-state index is -3.79. The number of hydrogen-bond donors (Lipinski definition) is 2. The monoisotopic (exact) mass is 405 g/mol. The molecule has 0 spiro atoms. The van der Waals surface area contributed by atoms with Crippen molar-refractivity contribution in [3.05, 3.63) is 36.4 Å². The van der Waals surface area contributed by atoms with E-state index in [0.717, 1.165) is 42.2 Å². The molecule has 0 heterocycles. The number of unbranched alkanes of at least 4 members (excludes halogenated alkanes) is 1. The molecule has 2 aromatic rings. The van der Waals surface area contributed by atoms with E-state index < -0.39 is 28.0 Å². The first kappa shape index (κ1) is 20.6. The van der Waals surface area contributed by atoms with Gasteiger partial charge in [0.1, 0.15) is 5.75 Å². The Kier molecular flexibility index (Phi) is 6.57. The second kappa shape index (κ2) is 8.92. The smallest absolute Gasteiger partial charge is 0.308 e. The molecule has 28 heavy (non-hydrogen) atoms. The van der Waals surface area contributed by atoms with Gasteiger partial charge in [-0.3, -0.25) is 4.79 Å². The van der Waals surface area contributed by atoms with E-state index in [1.807, 2.05) is 18.2 Å². The summed E-state index contributed by atoms with van der Waals surface area (Å²) in [5.74, 6) is -0.852. The molecular weight excluding hydrogens is 378 g/mol. The largest absolute Gasteiger partial charge is 0.494 e. The molecule has 0 saturated heterocycles. The van der Waals surface area contributed by atoms with Gasteiger partial charge in [0.25, 0.3) is 0 Å². The van der Waals surface area contributed by atoms with Crippen molar-refractivity contribution < 1.29 is 23.1 Å². The van der Waals surface area contributed by atoms with Gasteiger partial charge in [0, 0.05) is 6.04 Å². The third-order valence-electron chi connectivity index (χ3n) is 5.25. The summed E-state index contributed by atoms with van der Waals surface area (Å²) in [6, 6.07) is 9.94. The van der Waals surface area contributed by atoms with Crippen LogP contribution < -0.4 is 9.46 Å². The highest BCUT2D eigenvalue weighted by molar-refractivity contribution is 7.89. The Morgan fingerprint density at radius 1 is 1.14 bits per heavy atom. The Hall–Kier alpha value is -2.12. The molecule has 0 radical (unpaired) electrons. The Balaban J connectivity index is 1.79. The summed E-state index contributed by atoms with van der Waals surface area (Å²) >= 11 is 0. The van der Waals surface area contributed by atoms with Crippen LogP contribution in [0.4, 0.5) is 0 Å². The zero-order valence-corrected chi connectivity index (χ0v) is 16.9. The van der Waals surface area contributed by atoms with Crippen LogP contribution in [0.25, 0.3) is 10.8 Å². The van der Waals surface area contributed by atoms with Crippen LogP contribution in [-0.2, 0) is 14.8 Å². The molecule has 1 aliphatic carbocycles. The third kappa shape index (κ3) is 4.83. The average Bonchev–Trinajstić information content (AvgIpc) is 2.67. The lowest BCUT2D eigenvalue weighted by molar-refractivity contribution is -0.143. The van der Waals surface area contributed by atoms with Gasteiger partial charge in [0.05, 0.1) is 17.4 Å². The van der Waals surface area contributed by atoms with Gasteiger partial charge in [0.2, 0.25) is 10.0 Å². The van der Waals surface area contributed by atoms with Crippen molar-refractivity contribution in [3.63, 3.8) is 0 Å². The number of benzene rings is 2. The van der Waals surface area contributed by atoms with Gasteiger partial charge in [-0.25, -0.2) is 13.1 Å². The van der Waals surface area contributed by atoms with Gasteiger partial charge in [0.15, 0.2) is 0 Å². The Bertz CT molecular complexity index is 941. The molecule has 152 valence electrons. The summed E-state index contributed by atoms with van der Waals surface area (Å²) in [6.45, 7) is 2.76. The molecule has 0 aliphatic heterocycles. The van der Waals surface area contributed by atoms with Crippen molar-refractivity contribution in [3.8, 4) is 5.75 Å². The van der Waals surface area contributed by atoms with E-state index in [1.54, 1.807) is 18.2 Å². The van der Waals surface area contributed by atoms with Crippen LogP contribution in [0.15, 0.2) is 41.3 Å². The first-order valence-corrected chi connectivity index (χ1v) is 11.3. The van der Waals surface area contributed by atoms with E-state index in [2.05, 4.69) is 11.6 Å². The first-order chi connectivity index (χ1) is 13.4. The van der Waals surface area contributed by atoms with E-state index >= 15 is 0 Å². The molecule has 2 atom stereocenters. The fraction of sp³-hybridized carbons (Fsp3) is 0.476. The first-order valence-electron chi connectivity index (χ1n) is 9.82. The molecule has 7 heteroatoms. The summed E-state index contributed by atoms with van der Waals surface area (Å²) in [7, 11) is -3.79. The lowest BCUT2D eigenvalue weighted by Gasteiger charge is -2.29. The van der Waals surface area contributed by atoms with Gasteiger partial charge < -0.3 is 9.84 Å². The number of fused-ring (bicyclic) bond motifs is 1. The Morgan fingerprint density at radius 3 is 2.61 bits per heavy atom. The number of carboxylic acid groups (broad SMARTS) is 1. The number of rotatable bonds is 8. The molecule has 3 rings (SSSR count). The van der Waals surface area contributed by atoms with Crippen LogP contribution in [0.1, 0.15) is 45.4 Å². The van der Waals surface area contributed by atoms with Crippen molar-refractivity contribution >= 4 is 26.8 Å². The quantitative estimate of drug-likeness (QED) is 0.649. The summed E-state index contributed by atoms with van der Waals surface area (Å²) in [5, 5.41) is 11.1. The highest BCUT2D eigenvalue weighted by Gasteiger charge is 2.34. The zero-order valence-electron chi connectivity index (χ0n) is 16.1. The van der Waals surface area contributed by atoms with Gasteiger partial charge in [-0.2, -0.15) is 0 Å². The zero-order chi connectivity index (χ0) is 20.1. The Morgan fingerprint density at radius 2 is 1.86 bits per heavy atom. The van der Waals surface area contributed by atoms with E-state index in [-0.39, 0.29) is 4.90 Å². The number of sulfonamides is 1. The lowest BCUT2D eigenvalue weighted by Crippen LogP contribution is -2.44. The highest BCUT2D eigenvalue weighted by atomic mass is 32.2. The van der Waals surface area contributed by atoms with Crippen LogP contribution >= 0.6 is 0 Å². The molecule has 0 unspecified atom stereocenters. The number of nitrogens with one attached hydrogen (secondary N) is 1. The molecule has 1 saturated carbocycles. The van der Waals surface area contributed by atoms with Crippen LogP contribution in [0.2, 0.25) is 0 Å². The molecule has 0 bridgehead atoms. The third-order valence-corrected chi connectivity index (χ3v) is 6.74. The van der Waals surface area contributed by atoms with Crippen molar-refractivity contribution in [1.82, 2.24) is 4.72 Å². The summed E-state index contributed by atoms with van der Waals surface area (Å²) < 4.78 is 34.0. The number of carboxylic acids is 1. The number of carbonyl (C=O) groups is 1. The van der Waals surface area contributed by atoms with E-state index in [9.17, 15) is 18.3 Å². The second-order valence-electron chi connectivity index (χ2n) is 7.33. The predicted octanol–water partition coefficient (Wildman–Crippen LogP) is 3.94. The summed E-state index contributed by atoms with van der Waals surface area (Å²) in [4.78, 5) is 11.6. The van der Waals surface area contributed by atoms with Crippen LogP contribution in [0.3, 0.4) is 0 Å². The van der Waals surface area contributed by atoms with Gasteiger partial charge in [-0.15, -0.1) is 0 Å². The maximum Gasteiger partial charge on any atom is 0.308 e. The summed E-state index contributed by atoms with van der Waals surface area (Å²) in [6.07, 6.45) is 4.73. The molecular formula is C21H27NO5S. The minimum absolute atomic E-state index is 0.148. The predicted molar refractivity (Wildman–Crippen MR) is 108 cm³/mol. The van der Waals surface area contributed by atoms with Crippen LogP contribution in [0, 0.1) is 5.92 Å². The molecule has 2 aromatic carbocycles. The second-order valence-corrected chi connectivity index (χ2v) is 9.04. The van der Waals surface area contributed by atoms with E-state index in [0.29, 0.717) is 19.4 Å². The van der Waals surface area contributed by atoms with Crippen molar-refractivity contribution in [2.75, 3.05) is 6.61 Å². The average molecular weight is 406 g/mol. The van der Waals surface area contributed by atoms with E-state index in [4.69, 9.17) is 4.74 Å². The van der Waals surface area contributed by atoms with Crippen LogP contribution in [-0.4, -0.2) is 32.1 Å². The molecule has 1 fully saturated rings. The maximum absolute atomic E-state index is 12.8. The SMILES string of the molecule is CCCCOc1ccc2cc(S(=O)(=O)N[C@H]3CCCC[C@H]3C(=O)O)ccc2c1. The standard InChI is InChI=1S/C21H27NO5S/c1-2-3-12-27-17-10-8-16-14-18(11-9-15(16)13-17)28(25,26)22-20-7-5-4-6-19(20)21(23)24/h8-11,13-14,19-20,22H,2-7,12H2,1H3,(H,23,24)/t19-,20+/m1/s1. The minimum Gasteiger partial charge on any atom is -0.494 e. The van der Waals surface area contributed by atoms with Gasteiger partial charge in [-0.1, -0.05) is 38.3 Å². The number of aliphatic carboxylic acids is 1. The highest BCUT2D eigenvalue weighted by Crippen LogP contribution is 2.28. The molecule has 2 N–H and O–H groups in total.